The quantitative estimate of drug-likeness (QED) is 0.454. The second-order valence-corrected chi connectivity index (χ2v) is 6.08. The minimum absolute atomic E-state index is 0.0858. The number of benzene rings is 2. The normalized spacial score (nSPS) is 11.9. The van der Waals surface area contributed by atoms with E-state index in [9.17, 15) is 35.9 Å². The Hall–Kier alpha value is -3.63. The molecule has 0 radical (unpaired) electrons. The number of carbonyl (C=O) groups is 2. The molecule has 0 atom stereocenters. The minimum Gasteiger partial charge on any atom is -0.318 e. The van der Waals surface area contributed by atoms with Gasteiger partial charge in [0.1, 0.15) is 0 Å². The second-order valence-electron chi connectivity index (χ2n) is 6.08. The van der Waals surface area contributed by atoms with Gasteiger partial charge in [0.2, 0.25) is 0 Å². The summed E-state index contributed by atoms with van der Waals surface area (Å²) >= 11 is 0. The summed E-state index contributed by atoms with van der Waals surface area (Å²) in [6, 6.07) is 8.56. The number of para-hydroxylation sites is 1. The summed E-state index contributed by atoms with van der Waals surface area (Å²) in [5, 5.41) is 4.64. The Balaban J connectivity index is 1.85. The Labute approximate surface area is 164 Å². The fraction of sp³-hybridized carbons (Fsp3) is 0.105. The molecule has 1 aromatic heterocycles. The van der Waals surface area contributed by atoms with Gasteiger partial charge in [-0.1, -0.05) is 18.2 Å². The van der Waals surface area contributed by atoms with E-state index in [4.69, 9.17) is 0 Å². The summed E-state index contributed by atoms with van der Waals surface area (Å²) in [6.45, 7) is 0. The van der Waals surface area contributed by atoms with E-state index in [0.29, 0.717) is 23.0 Å². The van der Waals surface area contributed by atoms with Gasteiger partial charge in [-0.15, -0.1) is 0 Å². The lowest BCUT2D eigenvalue weighted by molar-refractivity contribution is -0.143. The maximum Gasteiger partial charge on any atom is 0.416 e. The first-order valence-corrected chi connectivity index (χ1v) is 8.21. The number of alkyl halides is 6. The zero-order chi connectivity index (χ0) is 22.1. The van der Waals surface area contributed by atoms with Gasteiger partial charge in [0, 0.05) is 17.3 Å². The topological polar surface area (TPSA) is 71.1 Å². The van der Waals surface area contributed by atoms with Crippen molar-refractivity contribution >= 4 is 34.1 Å². The second kappa shape index (κ2) is 7.65. The zero-order valence-corrected chi connectivity index (χ0v) is 14.7. The van der Waals surface area contributed by atoms with E-state index in [2.05, 4.69) is 10.3 Å². The molecule has 2 N–H and O–H groups in total. The van der Waals surface area contributed by atoms with E-state index in [0.717, 1.165) is 0 Å². The third-order valence-electron chi connectivity index (χ3n) is 3.93. The summed E-state index contributed by atoms with van der Waals surface area (Å²) in [6.07, 6.45) is -8.73. The average molecular weight is 427 g/mol. The summed E-state index contributed by atoms with van der Waals surface area (Å²) in [7, 11) is 0. The first-order chi connectivity index (χ1) is 13.9. The number of rotatable bonds is 2. The number of carbonyl (C=O) groups excluding carboxylic acids is 2. The van der Waals surface area contributed by atoms with Gasteiger partial charge in [-0.2, -0.15) is 26.3 Å². The van der Waals surface area contributed by atoms with Gasteiger partial charge < -0.3 is 10.6 Å². The molecular weight excluding hydrogens is 416 g/mol. The van der Waals surface area contributed by atoms with Crippen LogP contribution in [0.5, 0.6) is 0 Å². The summed E-state index contributed by atoms with van der Waals surface area (Å²) in [5.41, 5.74) is -3.57. The van der Waals surface area contributed by atoms with Crippen LogP contribution >= 0.6 is 0 Å². The number of nitrogens with one attached hydrogen (secondary N) is 2. The van der Waals surface area contributed by atoms with Crippen LogP contribution in [-0.4, -0.2) is 16.8 Å². The predicted octanol–water partition coefficient (Wildman–Crippen LogP) is 4.85. The van der Waals surface area contributed by atoms with Crippen LogP contribution in [-0.2, 0) is 21.9 Å². The maximum atomic E-state index is 12.9. The van der Waals surface area contributed by atoms with Crippen LogP contribution in [0.1, 0.15) is 11.1 Å². The van der Waals surface area contributed by atoms with E-state index in [1.165, 1.54) is 12.3 Å². The van der Waals surface area contributed by atoms with Crippen LogP contribution in [0.15, 0.2) is 54.7 Å². The van der Waals surface area contributed by atoms with Crippen molar-refractivity contribution in [3.8, 4) is 0 Å². The fourth-order valence-corrected chi connectivity index (χ4v) is 2.60. The molecule has 30 heavy (non-hydrogen) atoms. The predicted molar refractivity (Wildman–Crippen MR) is 95.4 cm³/mol. The number of amides is 2. The van der Waals surface area contributed by atoms with Crippen molar-refractivity contribution in [1.82, 2.24) is 4.98 Å². The molecule has 0 fully saturated rings. The fourth-order valence-electron chi connectivity index (χ4n) is 2.60. The van der Waals surface area contributed by atoms with Gasteiger partial charge in [0.15, 0.2) is 0 Å². The third kappa shape index (κ3) is 4.67. The first-order valence-electron chi connectivity index (χ1n) is 8.21. The SMILES string of the molecule is O=C(Nc1cc(C(F)(F)F)cc(C(F)(F)F)c1)C(=O)Nc1cccc2cccnc12. The van der Waals surface area contributed by atoms with Gasteiger partial charge >= 0.3 is 24.2 Å². The van der Waals surface area contributed by atoms with Crippen LogP contribution in [0.2, 0.25) is 0 Å². The Morgan fingerprint density at radius 2 is 1.33 bits per heavy atom. The molecule has 0 aliphatic rings. The maximum absolute atomic E-state index is 12.9. The molecule has 156 valence electrons. The lowest BCUT2D eigenvalue weighted by Crippen LogP contribution is -2.29. The number of nitrogens with zero attached hydrogens (tertiary/aromatic N) is 1. The van der Waals surface area contributed by atoms with E-state index in [-0.39, 0.29) is 11.8 Å². The molecule has 1 heterocycles. The Kier molecular flexibility index (Phi) is 5.38. The highest BCUT2D eigenvalue weighted by molar-refractivity contribution is 6.44. The molecule has 0 saturated carbocycles. The molecule has 0 aliphatic carbocycles. The third-order valence-corrected chi connectivity index (χ3v) is 3.93. The van der Waals surface area contributed by atoms with Crippen LogP contribution in [0.3, 0.4) is 0 Å². The summed E-state index contributed by atoms with van der Waals surface area (Å²) < 4.78 is 77.4. The van der Waals surface area contributed by atoms with Crippen molar-refractivity contribution in [3.63, 3.8) is 0 Å². The summed E-state index contributed by atoms with van der Waals surface area (Å²) in [5.74, 6) is -2.74. The number of hydrogen-bond donors (Lipinski definition) is 2. The van der Waals surface area contributed by atoms with E-state index in [1.807, 2.05) is 0 Å². The number of anilines is 2. The molecule has 0 spiro atoms. The van der Waals surface area contributed by atoms with Crippen LogP contribution in [0.25, 0.3) is 10.9 Å². The van der Waals surface area contributed by atoms with Gasteiger partial charge in [-0.25, -0.2) is 0 Å². The van der Waals surface area contributed by atoms with E-state index in [1.54, 1.807) is 29.6 Å². The van der Waals surface area contributed by atoms with Crippen molar-refractivity contribution in [2.75, 3.05) is 10.6 Å². The molecule has 0 saturated heterocycles. The van der Waals surface area contributed by atoms with Gasteiger partial charge in [-0.3, -0.25) is 14.6 Å². The molecule has 5 nitrogen and oxygen atoms in total. The molecule has 0 unspecified atom stereocenters. The molecule has 0 bridgehead atoms. The van der Waals surface area contributed by atoms with Crippen LogP contribution in [0.4, 0.5) is 37.7 Å². The molecule has 2 amide bonds. The van der Waals surface area contributed by atoms with E-state index >= 15 is 0 Å². The van der Waals surface area contributed by atoms with Crippen molar-refractivity contribution in [1.29, 1.82) is 0 Å². The highest BCUT2D eigenvalue weighted by atomic mass is 19.4. The molecular formula is C19H11F6N3O2. The molecule has 3 aromatic rings. The van der Waals surface area contributed by atoms with Crippen molar-refractivity contribution in [3.05, 3.63) is 65.9 Å². The molecule has 11 heteroatoms. The summed E-state index contributed by atoms with van der Waals surface area (Å²) in [4.78, 5) is 28.3. The first kappa shape index (κ1) is 21.1. The molecule has 2 aromatic carbocycles. The lowest BCUT2D eigenvalue weighted by atomic mass is 10.1. The molecule has 0 aliphatic heterocycles. The van der Waals surface area contributed by atoms with Gasteiger partial charge in [-0.05, 0) is 30.3 Å². The Bertz CT molecular complexity index is 1090. The van der Waals surface area contributed by atoms with Crippen molar-refractivity contribution in [2.24, 2.45) is 0 Å². The monoisotopic (exact) mass is 427 g/mol. The minimum atomic E-state index is -5.09. The number of pyridine rings is 1. The number of fused-ring (bicyclic) bond motifs is 1. The Morgan fingerprint density at radius 3 is 1.93 bits per heavy atom. The van der Waals surface area contributed by atoms with Crippen molar-refractivity contribution in [2.45, 2.75) is 12.4 Å². The average Bonchev–Trinajstić information content (AvgIpc) is 2.66. The van der Waals surface area contributed by atoms with Crippen molar-refractivity contribution < 1.29 is 35.9 Å². The van der Waals surface area contributed by atoms with Gasteiger partial charge in [0.25, 0.3) is 0 Å². The highest BCUT2D eigenvalue weighted by Crippen LogP contribution is 2.37. The number of hydrogen-bond acceptors (Lipinski definition) is 3. The van der Waals surface area contributed by atoms with Crippen LogP contribution in [0, 0.1) is 0 Å². The smallest absolute Gasteiger partial charge is 0.318 e. The highest BCUT2D eigenvalue weighted by Gasteiger charge is 2.37. The van der Waals surface area contributed by atoms with Gasteiger partial charge in [0.05, 0.1) is 22.3 Å². The largest absolute Gasteiger partial charge is 0.416 e. The lowest BCUT2D eigenvalue weighted by Gasteiger charge is -2.14. The number of aromatic nitrogens is 1. The standard InChI is InChI=1S/C19H11F6N3O2/c20-18(21,22)11-7-12(19(23,24)25)9-13(8-11)27-16(29)17(30)28-14-5-1-3-10-4-2-6-26-15(10)14/h1-9H,(H,27,29)(H,28,30). The molecule has 3 rings (SSSR count). The van der Waals surface area contributed by atoms with Crippen LogP contribution < -0.4 is 10.6 Å². The van der Waals surface area contributed by atoms with E-state index < -0.39 is 41.0 Å². The Morgan fingerprint density at radius 1 is 0.767 bits per heavy atom. The number of halogens is 6. The zero-order valence-electron chi connectivity index (χ0n) is 14.7.